The molecule has 0 unspecified atom stereocenters. The Kier molecular flexibility index (Phi) is 5.23. The van der Waals surface area contributed by atoms with Crippen LogP contribution >= 0.6 is 0 Å². The summed E-state index contributed by atoms with van der Waals surface area (Å²) in [5, 5.41) is 3.26. The summed E-state index contributed by atoms with van der Waals surface area (Å²) in [6.07, 6.45) is 3.57. The third-order valence-corrected chi connectivity index (χ3v) is 5.66. The summed E-state index contributed by atoms with van der Waals surface area (Å²) >= 11 is 0. The Morgan fingerprint density at radius 2 is 1.30 bits per heavy atom. The Bertz CT molecular complexity index is 739. The maximum atomic E-state index is 13.0. The minimum atomic E-state index is -0.147. The molecule has 1 aliphatic heterocycles. The molecule has 2 fully saturated rings. The van der Waals surface area contributed by atoms with Crippen LogP contribution in [-0.2, 0) is 9.59 Å². The zero-order chi connectivity index (χ0) is 18.6. The number of likely N-dealkylation sites (tertiary alicyclic amines) is 1. The first-order valence-corrected chi connectivity index (χ1v) is 9.91. The molecule has 140 valence electrons. The molecule has 1 aliphatic carbocycles. The lowest BCUT2D eigenvalue weighted by Gasteiger charge is -2.32. The molecule has 0 bridgehead atoms. The van der Waals surface area contributed by atoms with E-state index in [1.807, 2.05) is 41.3 Å². The highest BCUT2D eigenvalue weighted by atomic mass is 16.2. The number of hydrogen-bond donors (Lipinski definition) is 1. The number of carbonyl (C=O) groups is 2. The fraction of sp³-hybridized carbons (Fsp3) is 0.391. The van der Waals surface area contributed by atoms with Crippen LogP contribution in [0.25, 0.3) is 0 Å². The predicted octanol–water partition coefficient (Wildman–Crippen LogP) is 3.54. The van der Waals surface area contributed by atoms with Crippen LogP contribution in [0.3, 0.4) is 0 Å². The molecule has 4 nitrogen and oxygen atoms in total. The van der Waals surface area contributed by atoms with E-state index >= 15 is 0 Å². The second-order valence-electron chi connectivity index (χ2n) is 7.64. The Balaban J connectivity index is 1.42. The van der Waals surface area contributed by atoms with Gasteiger partial charge in [0.15, 0.2) is 0 Å². The molecule has 1 heterocycles. The quantitative estimate of drug-likeness (QED) is 0.884. The van der Waals surface area contributed by atoms with Crippen molar-refractivity contribution >= 4 is 11.8 Å². The molecule has 2 aromatic carbocycles. The van der Waals surface area contributed by atoms with E-state index in [2.05, 4.69) is 29.6 Å². The van der Waals surface area contributed by atoms with Crippen LogP contribution in [0, 0.1) is 11.8 Å². The van der Waals surface area contributed by atoms with Crippen molar-refractivity contribution in [3.63, 3.8) is 0 Å². The van der Waals surface area contributed by atoms with E-state index in [9.17, 15) is 9.59 Å². The van der Waals surface area contributed by atoms with Gasteiger partial charge in [-0.2, -0.15) is 0 Å². The smallest absolute Gasteiger partial charge is 0.225 e. The van der Waals surface area contributed by atoms with Crippen molar-refractivity contribution in [3.8, 4) is 0 Å². The number of carbonyl (C=O) groups excluding carboxylic acids is 2. The average molecular weight is 362 g/mol. The lowest BCUT2D eigenvalue weighted by molar-refractivity contribution is -0.136. The Labute approximate surface area is 160 Å². The fourth-order valence-corrected chi connectivity index (χ4v) is 3.86. The topological polar surface area (TPSA) is 49.4 Å². The van der Waals surface area contributed by atoms with Gasteiger partial charge in [0.1, 0.15) is 0 Å². The average Bonchev–Trinajstić information content (AvgIpc) is 3.58. The monoisotopic (exact) mass is 362 g/mol. The number of benzene rings is 2. The fourth-order valence-electron chi connectivity index (χ4n) is 3.86. The second kappa shape index (κ2) is 7.95. The molecule has 0 aromatic heterocycles. The highest BCUT2D eigenvalue weighted by molar-refractivity contribution is 5.82. The van der Waals surface area contributed by atoms with E-state index < -0.39 is 0 Å². The normalized spacial score (nSPS) is 17.7. The molecule has 4 rings (SSSR count). The maximum absolute atomic E-state index is 13.0. The highest BCUT2D eigenvalue weighted by Crippen LogP contribution is 2.32. The van der Waals surface area contributed by atoms with Crippen molar-refractivity contribution < 1.29 is 9.59 Å². The van der Waals surface area contributed by atoms with E-state index in [0.29, 0.717) is 19.0 Å². The lowest BCUT2D eigenvalue weighted by Crippen LogP contribution is -2.44. The van der Waals surface area contributed by atoms with E-state index in [1.165, 1.54) is 0 Å². The van der Waals surface area contributed by atoms with Gasteiger partial charge in [0.2, 0.25) is 11.8 Å². The molecule has 27 heavy (non-hydrogen) atoms. The summed E-state index contributed by atoms with van der Waals surface area (Å²) in [6, 6.07) is 20.0. The number of nitrogens with zero attached hydrogens (tertiary/aromatic N) is 1. The Hall–Kier alpha value is -2.62. The molecular weight excluding hydrogens is 336 g/mol. The van der Waals surface area contributed by atoms with Crippen LogP contribution in [0.1, 0.15) is 42.9 Å². The molecule has 0 radical (unpaired) electrons. The number of rotatable bonds is 5. The highest BCUT2D eigenvalue weighted by Gasteiger charge is 2.36. The van der Waals surface area contributed by atoms with Crippen molar-refractivity contribution in [1.29, 1.82) is 0 Å². The van der Waals surface area contributed by atoms with Gasteiger partial charge in [-0.05, 0) is 36.8 Å². The third kappa shape index (κ3) is 4.21. The number of piperidine rings is 1. The molecule has 0 atom stereocenters. The third-order valence-electron chi connectivity index (χ3n) is 5.66. The van der Waals surface area contributed by atoms with Gasteiger partial charge in [0.25, 0.3) is 0 Å². The Morgan fingerprint density at radius 1 is 0.778 bits per heavy atom. The molecule has 4 heteroatoms. The molecule has 0 spiro atoms. The summed E-state index contributed by atoms with van der Waals surface area (Å²) in [6.45, 7) is 1.41. The van der Waals surface area contributed by atoms with Gasteiger partial charge < -0.3 is 10.2 Å². The first kappa shape index (κ1) is 17.8. The molecule has 1 saturated carbocycles. The number of amides is 2. The van der Waals surface area contributed by atoms with Gasteiger partial charge in [-0.3, -0.25) is 9.59 Å². The zero-order valence-electron chi connectivity index (χ0n) is 15.5. The lowest BCUT2D eigenvalue weighted by atomic mass is 9.93. The van der Waals surface area contributed by atoms with Crippen LogP contribution in [0.15, 0.2) is 60.7 Å². The molecule has 2 aliphatic rings. The van der Waals surface area contributed by atoms with Crippen molar-refractivity contribution in [3.05, 3.63) is 71.8 Å². The number of nitrogens with one attached hydrogen (secondary N) is 1. The predicted molar refractivity (Wildman–Crippen MR) is 105 cm³/mol. The standard InChI is InChI=1S/C23H26N2O2/c26-22(19-13-15-25(16-14-19)23(27)20-11-12-20)24-21(17-7-3-1-4-8-17)18-9-5-2-6-10-18/h1-10,19-21H,11-16H2,(H,24,26). The SMILES string of the molecule is O=C(NC(c1ccccc1)c1ccccc1)C1CCN(C(=O)C2CC2)CC1. The zero-order valence-corrected chi connectivity index (χ0v) is 15.5. The van der Waals surface area contributed by atoms with Crippen molar-refractivity contribution in [2.24, 2.45) is 11.8 Å². The molecule has 1 N–H and O–H groups in total. The summed E-state index contributed by atoms with van der Waals surface area (Å²) in [5.41, 5.74) is 2.16. The second-order valence-corrected chi connectivity index (χ2v) is 7.64. The van der Waals surface area contributed by atoms with Crippen LogP contribution in [0.5, 0.6) is 0 Å². The van der Waals surface area contributed by atoms with Gasteiger partial charge in [0, 0.05) is 24.9 Å². The minimum absolute atomic E-state index is 0.0248. The van der Waals surface area contributed by atoms with Crippen molar-refractivity contribution in [1.82, 2.24) is 10.2 Å². The Morgan fingerprint density at radius 3 is 1.78 bits per heavy atom. The van der Waals surface area contributed by atoms with Gasteiger partial charge in [0.05, 0.1) is 6.04 Å². The van der Waals surface area contributed by atoms with Crippen molar-refractivity contribution in [2.45, 2.75) is 31.7 Å². The molecular formula is C23H26N2O2. The van der Waals surface area contributed by atoms with Crippen LogP contribution in [-0.4, -0.2) is 29.8 Å². The first-order valence-electron chi connectivity index (χ1n) is 9.91. The summed E-state index contributed by atoms with van der Waals surface area (Å²) in [7, 11) is 0. The van der Waals surface area contributed by atoms with E-state index in [1.54, 1.807) is 0 Å². The maximum Gasteiger partial charge on any atom is 0.225 e. The van der Waals surface area contributed by atoms with Crippen LogP contribution in [0.4, 0.5) is 0 Å². The van der Waals surface area contributed by atoms with Gasteiger partial charge in [-0.1, -0.05) is 60.7 Å². The number of hydrogen-bond acceptors (Lipinski definition) is 2. The van der Waals surface area contributed by atoms with Gasteiger partial charge in [-0.25, -0.2) is 0 Å². The molecule has 2 amide bonds. The minimum Gasteiger partial charge on any atom is -0.345 e. The van der Waals surface area contributed by atoms with Gasteiger partial charge >= 0.3 is 0 Å². The molecule has 1 saturated heterocycles. The van der Waals surface area contributed by atoms with Gasteiger partial charge in [-0.15, -0.1) is 0 Å². The first-order chi connectivity index (χ1) is 13.2. The summed E-state index contributed by atoms with van der Waals surface area (Å²) in [5.74, 6) is 0.616. The van der Waals surface area contributed by atoms with Crippen LogP contribution in [0.2, 0.25) is 0 Å². The van der Waals surface area contributed by atoms with Crippen LogP contribution < -0.4 is 5.32 Å². The van der Waals surface area contributed by atoms with Crippen molar-refractivity contribution in [2.75, 3.05) is 13.1 Å². The summed E-state index contributed by atoms with van der Waals surface area (Å²) in [4.78, 5) is 27.1. The van der Waals surface area contributed by atoms with E-state index in [-0.39, 0.29) is 23.8 Å². The molecule has 2 aromatic rings. The largest absolute Gasteiger partial charge is 0.345 e. The van der Waals surface area contributed by atoms with E-state index in [4.69, 9.17) is 0 Å². The van der Waals surface area contributed by atoms with E-state index in [0.717, 1.165) is 36.8 Å². The summed E-state index contributed by atoms with van der Waals surface area (Å²) < 4.78 is 0.